The van der Waals surface area contributed by atoms with Gasteiger partial charge in [-0.1, -0.05) is 31.6 Å². The standard InChI is InChI=1S/C19H18F5N3O2S/c1-19(2)28-11-17(29-19)14-4-3-5-16(18(14)15(26)10-25)27-12-6-8-13(9-7-12)30(20,21,22,23)24/h3-9,17,26-27H,11H2,1-2H3. The molecule has 2 N–H and O–H groups in total. The molecule has 1 unspecified atom stereocenters. The van der Waals surface area contributed by atoms with Crippen molar-refractivity contribution in [1.29, 1.82) is 10.7 Å². The maximum absolute atomic E-state index is 12.9. The predicted octanol–water partition coefficient (Wildman–Crippen LogP) is 6.80. The summed E-state index contributed by atoms with van der Waals surface area (Å²) in [6, 6.07) is 8.82. The van der Waals surface area contributed by atoms with Gasteiger partial charge in [-0.3, -0.25) is 5.41 Å². The first-order valence-electron chi connectivity index (χ1n) is 8.64. The zero-order chi connectivity index (χ0) is 22.4. The Labute approximate surface area is 169 Å². The van der Waals surface area contributed by atoms with Crippen molar-refractivity contribution in [2.45, 2.75) is 30.6 Å². The van der Waals surface area contributed by atoms with E-state index in [9.17, 15) is 24.7 Å². The Morgan fingerprint density at radius 1 is 1.13 bits per heavy atom. The van der Waals surface area contributed by atoms with Crippen molar-refractivity contribution in [2.24, 2.45) is 0 Å². The Morgan fingerprint density at radius 2 is 1.77 bits per heavy atom. The van der Waals surface area contributed by atoms with Crippen molar-refractivity contribution in [2.75, 3.05) is 11.9 Å². The average Bonchev–Trinajstić information content (AvgIpc) is 2.99. The van der Waals surface area contributed by atoms with E-state index in [1.807, 2.05) is 0 Å². The highest BCUT2D eigenvalue weighted by molar-refractivity contribution is 8.45. The Hall–Kier alpha value is -2.68. The largest absolute Gasteiger partial charge is 0.355 e. The van der Waals surface area contributed by atoms with Crippen LogP contribution >= 0.6 is 10.2 Å². The number of benzene rings is 2. The Bertz CT molecular complexity index is 1050. The summed E-state index contributed by atoms with van der Waals surface area (Å²) in [5, 5.41) is 20.1. The van der Waals surface area contributed by atoms with Crippen LogP contribution in [-0.4, -0.2) is 18.1 Å². The smallest absolute Gasteiger partial charge is 0.310 e. The number of nitrogens with zero attached hydrogens (tertiary/aromatic N) is 1. The highest BCUT2D eigenvalue weighted by atomic mass is 32.5. The second-order valence-electron chi connectivity index (χ2n) is 7.19. The van der Waals surface area contributed by atoms with E-state index in [0.29, 0.717) is 17.7 Å². The lowest BCUT2D eigenvalue weighted by molar-refractivity contribution is -0.139. The van der Waals surface area contributed by atoms with Crippen molar-refractivity contribution in [3.8, 4) is 6.07 Å². The molecule has 5 nitrogen and oxygen atoms in total. The fourth-order valence-electron chi connectivity index (χ4n) is 3.07. The summed E-state index contributed by atoms with van der Waals surface area (Å²) >= 11 is 0. The molecule has 0 aliphatic carbocycles. The summed E-state index contributed by atoms with van der Waals surface area (Å²) in [5.74, 6) is -0.860. The molecular weight excluding hydrogens is 429 g/mol. The number of nitrogens with one attached hydrogen (secondary N) is 2. The Balaban J connectivity index is 1.98. The van der Waals surface area contributed by atoms with Gasteiger partial charge in [-0.05, 0) is 49.7 Å². The van der Waals surface area contributed by atoms with Crippen LogP contribution in [0.5, 0.6) is 0 Å². The summed E-state index contributed by atoms with van der Waals surface area (Å²) in [6.45, 7) is 3.61. The Morgan fingerprint density at radius 3 is 2.27 bits per heavy atom. The topological polar surface area (TPSA) is 78.1 Å². The van der Waals surface area contributed by atoms with Crippen molar-refractivity contribution >= 4 is 27.3 Å². The second kappa shape index (κ2) is 6.41. The van der Waals surface area contributed by atoms with E-state index in [-0.39, 0.29) is 23.5 Å². The highest BCUT2D eigenvalue weighted by Gasteiger charge is 2.65. The molecule has 30 heavy (non-hydrogen) atoms. The quantitative estimate of drug-likeness (QED) is 0.390. The van der Waals surface area contributed by atoms with Gasteiger partial charge in [0.15, 0.2) is 5.79 Å². The Kier molecular flexibility index (Phi) is 4.70. The fourth-order valence-corrected chi connectivity index (χ4v) is 3.72. The first-order valence-corrected chi connectivity index (χ1v) is 10.6. The normalized spacial score (nSPS) is 20.7. The van der Waals surface area contributed by atoms with E-state index in [0.717, 1.165) is 12.1 Å². The van der Waals surface area contributed by atoms with Gasteiger partial charge in [0.2, 0.25) is 0 Å². The van der Waals surface area contributed by atoms with Gasteiger partial charge < -0.3 is 14.8 Å². The zero-order valence-corrected chi connectivity index (χ0v) is 16.7. The molecule has 1 atom stereocenters. The van der Waals surface area contributed by atoms with E-state index in [1.165, 1.54) is 6.07 Å². The molecule has 0 bridgehead atoms. The predicted molar refractivity (Wildman–Crippen MR) is 104 cm³/mol. The van der Waals surface area contributed by atoms with Crippen LogP contribution in [0.1, 0.15) is 31.1 Å². The number of hydrogen-bond acceptors (Lipinski definition) is 5. The highest BCUT2D eigenvalue weighted by Crippen LogP contribution is 3.02. The van der Waals surface area contributed by atoms with Crippen LogP contribution in [0, 0.1) is 16.7 Å². The summed E-state index contributed by atoms with van der Waals surface area (Å²) < 4.78 is 75.8. The molecule has 1 aliphatic rings. The van der Waals surface area contributed by atoms with Crippen molar-refractivity contribution in [1.82, 2.24) is 0 Å². The van der Waals surface area contributed by atoms with Gasteiger partial charge in [0.05, 0.1) is 6.61 Å². The molecule has 3 rings (SSSR count). The van der Waals surface area contributed by atoms with Gasteiger partial charge in [0.25, 0.3) is 0 Å². The van der Waals surface area contributed by atoms with Crippen LogP contribution in [0.3, 0.4) is 0 Å². The number of rotatable bonds is 5. The maximum atomic E-state index is 12.9. The lowest BCUT2D eigenvalue weighted by atomic mass is 9.97. The molecule has 0 radical (unpaired) electrons. The van der Waals surface area contributed by atoms with Crippen LogP contribution in [-0.2, 0) is 9.47 Å². The molecule has 0 aromatic heterocycles. The minimum absolute atomic E-state index is 0.0775. The van der Waals surface area contributed by atoms with Crippen molar-refractivity contribution < 1.29 is 28.9 Å². The van der Waals surface area contributed by atoms with Gasteiger partial charge in [-0.25, -0.2) is 0 Å². The lowest BCUT2D eigenvalue weighted by Gasteiger charge is -2.40. The van der Waals surface area contributed by atoms with E-state index >= 15 is 0 Å². The summed E-state index contributed by atoms with van der Waals surface area (Å²) in [6.07, 6.45) is -0.569. The van der Waals surface area contributed by atoms with Gasteiger partial charge in [0, 0.05) is 16.9 Å². The third-order valence-electron chi connectivity index (χ3n) is 4.39. The molecule has 162 valence electrons. The number of hydrogen-bond donors (Lipinski definition) is 2. The van der Waals surface area contributed by atoms with E-state index in [4.69, 9.17) is 14.9 Å². The zero-order valence-electron chi connectivity index (χ0n) is 15.9. The number of halogens is 5. The molecule has 2 aromatic rings. The molecule has 1 fully saturated rings. The van der Waals surface area contributed by atoms with Crippen LogP contribution in [0.4, 0.5) is 30.8 Å². The molecule has 0 saturated carbocycles. The molecule has 0 amide bonds. The van der Waals surface area contributed by atoms with Crippen molar-refractivity contribution in [3.05, 3.63) is 53.6 Å². The molecule has 0 spiro atoms. The van der Waals surface area contributed by atoms with Crippen LogP contribution < -0.4 is 5.32 Å². The van der Waals surface area contributed by atoms with Gasteiger partial charge in [0.1, 0.15) is 22.8 Å². The minimum Gasteiger partial charge on any atom is -0.355 e. The first-order chi connectivity index (χ1) is 13.6. The molecule has 11 heteroatoms. The van der Waals surface area contributed by atoms with Crippen LogP contribution in [0.25, 0.3) is 0 Å². The number of anilines is 2. The summed E-state index contributed by atoms with van der Waals surface area (Å²) in [7, 11) is -9.77. The molecule has 2 aromatic carbocycles. The van der Waals surface area contributed by atoms with Crippen LogP contribution in [0.2, 0.25) is 0 Å². The summed E-state index contributed by atoms with van der Waals surface area (Å²) in [5.41, 5.74) is 0.593. The van der Waals surface area contributed by atoms with Gasteiger partial charge in [-0.15, -0.1) is 0 Å². The van der Waals surface area contributed by atoms with E-state index in [1.54, 1.807) is 32.0 Å². The third-order valence-corrected chi connectivity index (χ3v) is 5.56. The molecule has 1 aliphatic heterocycles. The number of ether oxygens (including phenoxy) is 2. The molecule has 1 saturated heterocycles. The molecule has 1 heterocycles. The van der Waals surface area contributed by atoms with Crippen molar-refractivity contribution in [3.63, 3.8) is 0 Å². The monoisotopic (exact) mass is 447 g/mol. The summed E-state index contributed by atoms with van der Waals surface area (Å²) in [4.78, 5) is -2.00. The minimum atomic E-state index is -9.77. The first kappa shape index (κ1) is 22.0. The van der Waals surface area contributed by atoms with Gasteiger partial charge in [-0.2, -0.15) is 5.26 Å². The van der Waals surface area contributed by atoms with Gasteiger partial charge >= 0.3 is 10.2 Å². The second-order valence-corrected chi connectivity index (χ2v) is 9.60. The average molecular weight is 447 g/mol. The number of nitriles is 1. The fraction of sp³-hybridized carbons (Fsp3) is 0.263. The van der Waals surface area contributed by atoms with Crippen LogP contribution in [0.15, 0.2) is 47.4 Å². The maximum Gasteiger partial charge on any atom is 0.310 e. The molecular formula is C19H18F5N3O2S. The lowest BCUT2D eigenvalue weighted by Crippen LogP contribution is -2.20. The van der Waals surface area contributed by atoms with E-state index < -0.39 is 32.7 Å². The van der Waals surface area contributed by atoms with E-state index in [2.05, 4.69) is 5.32 Å². The SMILES string of the molecule is CC1(C)OCC(c2cccc(Nc3ccc(S(F)(F)(F)(F)F)cc3)c2C(=N)C#N)O1. The third kappa shape index (κ3) is 4.72.